The Hall–Kier alpha value is -0.720. The van der Waals surface area contributed by atoms with Crippen molar-refractivity contribution in [3.05, 3.63) is 28.8 Å². The molecule has 0 aliphatic rings. The van der Waals surface area contributed by atoms with Crippen LogP contribution in [0.2, 0.25) is 5.02 Å². The van der Waals surface area contributed by atoms with Gasteiger partial charge in [0.2, 0.25) is 5.95 Å². The van der Waals surface area contributed by atoms with Crippen LogP contribution in [0.25, 0.3) is 0 Å². The van der Waals surface area contributed by atoms with Gasteiger partial charge < -0.3 is 0 Å². The average Bonchev–Trinajstić information content (AvgIpc) is 1.98. The van der Waals surface area contributed by atoms with Gasteiger partial charge in [0.1, 0.15) is 5.69 Å². The smallest absolute Gasteiger partial charge is 0.210 e. The van der Waals surface area contributed by atoms with Gasteiger partial charge in [-0.05, 0) is 23.3 Å². The molecule has 0 aromatic carbocycles. The Morgan fingerprint density at radius 2 is 2.27 bits per heavy atom. The van der Waals surface area contributed by atoms with Crippen LogP contribution in [-0.2, 0) is 0 Å². The van der Waals surface area contributed by atoms with Crippen molar-refractivity contribution in [3.63, 3.8) is 0 Å². The van der Waals surface area contributed by atoms with Crippen LogP contribution < -0.4 is 0 Å². The molecule has 11 heavy (non-hydrogen) atoms. The minimum atomic E-state index is -0.708. The van der Waals surface area contributed by atoms with Crippen LogP contribution in [0.4, 0.5) is 4.39 Å². The molecule has 0 bridgehead atoms. The number of hydrogen-bond donors (Lipinski definition) is 1. The zero-order valence-electron chi connectivity index (χ0n) is 5.31. The van der Waals surface area contributed by atoms with E-state index in [9.17, 15) is 4.39 Å². The Bertz CT molecular complexity index is 329. The Morgan fingerprint density at radius 1 is 1.55 bits per heavy atom. The maximum atomic E-state index is 12.6. The van der Waals surface area contributed by atoms with E-state index in [1.54, 1.807) is 0 Å². The first-order valence-electron chi connectivity index (χ1n) is 2.71. The Morgan fingerprint density at radius 3 is 2.82 bits per heavy atom. The van der Waals surface area contributed by atoms with Gasteiger partial charge in [-0.2, -0.15) is 4.39 Å². The first kappa shape index (κ1) is 8.38. The van der Waals surface area contributed by atoms with Gasteiger partial charge in [0.25, 0.3) is 0 Å². The SMILES string of the molecule is Fc1nc(C#CS)ccc1Cl. The summed E-state index contributed by atoms with van der Waals surface area (Å²) in [5, 5.41) is 2.30. The normalized spacial score (nSPS) is 8.64. The van der Waals surface area contributed by atoms with Crippen LogP contribution in [0.15, 0.2) is 12.1 Å². The van der Waals surface area contributed by atoms with Crippen molar-refractivity contribution in [2.24, 2.45) is 0 Å². The lowest BCUT2D eigenvalue weighted by molar-refractivity contribution is 0.583. The van der Waals surface area contributed by atoms with E-state index in [1.165, 1.54) is 12.1 Å². The molecule has 0 atom stereocenters. The van der Waals surface area contributed by atoms with Crippen molar-refractivity contribution in [2.75, 3.05) is 0 Å². The predicted octanol–water partition coefficient (Wildman–Crippen LogP) is 2.11. The second kappa shape index (κ2) is 3.61. The molecule has 0 saturated heterocycles. The van der Waals surface area contributed by atoms with Crippen molar-refractivity contribution in [1.29, 1.82) is 0 Å². The molecule has 1 aromatic heterocycles. The first-order valence-corrected chi connectivity index (χ1v) is 3.53. The van der Waals surface area contributed by atoms with Crippen LogP contribution in [0, 0.1) is 17.1 Å². The van der Waals surface area contributed by atoms with E-state index >= 15 is 0 Å². The minimum Gasteiger partial charge on any atom is -0.210 e. The number of thiol groups is 1. The maximum absolute atomic E-state index is 12.6. The monoisotopic (exact) mass is 187 g/mol. The fraction of sp³-hybridized carbons (Fsp3) is 0. The zero-order valence-corrected chi connectivity index (χ0v) is 6.96. The second-order valence-corrected chi connectivity index (χ2v) is 2.34. The molecular formula is C7H3ClFNS. The number of nitrogens with zero attached hydrogens (tertiary/aromatic N) is 1. The Kier molecular flexibility index (Phi) is 2.75. The van der Waals surface area contributed by atoms with Gasteiger partial charge in [0.05, 0.1) is 5.02 Å². The minimum absolute atomic E-state index is 0.00489. The van der Waals surface area contributed by atoms with E-state index in [4.69, 9.17) is 11.6 Å². The van der Waals surface area contributed by atoms with E-state index < -0.39 is 5.95 Å². The molecule has 0 aliphatic heterocycles. The molecular weight excluding hydrogens is 185 g/mol. The summed E-state index contributed by atoms with van der Waals surface area (Å²) in [4.78, 5) is 3.44. The number of rotatable bonds is 0. The largest absolute Gasteiger partial charge is 0.232 e. The summed E-state index contributed by atoms with van der Waals surface area (Å²) < 4.78 is 12.6. The lowest BCUT2D eigenvalue weighted by atomic mass is 10.4. The molecule has 56 valence electrons. The zero-order chi connectivity index (χ0) is 8.27. The molecule has 0 aliphatic carbocycles. The molecule has 1 aromatic rings. The van der Waals surface area contributed by atoms with Crippen LogP contribution >= 0.6 is 24.2 Å². The quantitative estimate of drug-likeness (QED) is 0.373. The van der Waals surface area contributed by atoms with Gasteiger partial charge in [0.15, 0.2) is 0 Å². The number of halogens is 2. The third kappa shape index (κ3) is 2.11. The predicted molar refractivity (Wildman–Crippen MR) is 45.1 cm³/mol. The molecule has 0 fully saturated rings. The molecule has 0 saturated carbocycles. The molecule has 1 nitrogen and oxygen atoms in total. The average molecular weight is 188 g/mol. The fourth-order valence-electron chi connectivity index (χ4n) is 0.544. The lowest BCUT2D eigenvalue weighted by Gasteiger charge is -1.91. The highest BCUT2D eigenvalue weighted by Gasteiger charge is 1.99. The van der Waals surface area contributed by atoms with Crippen LogP contribution in [-0.4, -0.2) is 4.98 Å². The second-order valence-electron chi connectivity index (χ2n) is 1.71. The van der Waals surface area contributed by atoms with Crippen LogP contribution in [0.1, 0.15) is 5.69 Å². The van der Waals surface area contributed by atoms with Crippen molar-refractivity contribution >= 4 is 24.2 Å². The van der Waals surface area contributed by atoms with Crippen molar-refractivity contribution in [2.45, 2.75) is 0 Å². The Labute approximate surface area is 74.0 Å². The summed E-state index contributed by atoms with van der Waals surface area (Å²) in [6, 6.07) is 2.92. The molecule has 0 radical (unpaired) electrons. The van der Waals surface area contributed by atoms with Crippen molar-refractivity contribution in [1.82, 2.24) is 4.98 Å². The topological polar surface area (TPSA) is 12.9 Å². The highest BCUT2D eigenvalue weighted by atomic mass is 35.5. The summed E-state index contributed by atoms with van der Waals surface area (Å²) in [5.74, 6) is 1.77. The summed E-state index contributed by atoms with van der Waals surface area (Å²) in [6.07, 6.45) is 0. The third-order valence-electron chi connectivity index (χ3n) is 0.987. The van der Waals surface area contributed by atoms with E-state index in [0.717, 1.165) is 0 Å². The van der Waals surface area contributed by atoms with Gasteiger partial charge in [-0.15, -0.1) is 0 Å². The number of pyridine rings is 1. The van der Waals surface area contributed by atoms with Gasteiger partial charge in [0, 0.05) is 0 Å². The van der Waals surface area contributed by atoms with E-state index in [2.05, 4.69) is 28.8 Å². The van der Waals surface area contributed by atoms with Crippen LogP contribution in [0.3, 0.4) is 0 Å². The van der Waals surface area contributed by atoms with Crippen molar-refractivity contribution in [3.8, 4) is 11.2 Å². The Balaban J connectivity index is 3.12. The summed E-state index contributed by atoms with van der Waals surface area (Å²) in [7, 11) is 0. The number of aromatic nitrogens is 1. The summed E-state index contributed by atoms with van der Waals surface area (Å²) >= 11 is 9.01. The molecule has 1 heterocycles. The van der Waals surface area contributed by atoms with Crippen LogP contribution in [0.5, 0.6) is 0 Å². The molecule has 4 heteroatoms. The van der Waals surface area contributed by atoms with E-state index in [-0.39, 0.29) is 5.02 Å². The third-order valence-corrected chi connectivity index (χ3v) is 1.38. The van der Waals surface area contributed by atoms with Gasteiger partial charge in [-0.25, -0.2) is 4.98 Å². The highest BCUT2D eigenvalue weighted by Crippen LogP contribution is 2.11. The van der Waals surface area contributed by atoms with Gasteiger partial charge >= 0.3 is 0 Å². The molecule has 0 amide bonds. The number of hydrogen-bond acceptors (Lipinski definition) is 2. The lowest BCUT2D eigenvalue weighted by Crippen LogP contribution is -1.87. The van der Waals surface area contributed by atoms with Gasteiger partial charge in [-0.3, -0.25) is 0 Å². The van der Waals surface area contributed by atoms with Gasteiger partial charge in [-0.1, -0.05) is 24.2 Å². The van der Waals surface area contributed by atoms with Crippen molar-refractivity contribution < 1.29 is 4.39 Å². The fourth-order valence-corrected chi connectivity index (χ4v) is 0.764. The summed E-state index contributed by atoms with van der Waals surface area (Å²) in [6.45, 7) is 0. The summed E-state index contributed by atoms with van der Waals surface area (Å²) in [5.41, 5.74) is 0.321. The maximum Gasteiger partial charge on any atom is 0.232 e. The molecule has 1 rings (SSSR count). The molecule has 0 N–H and O–H groups in total. The van der Waals surface area contributed by atoms with E-state index in [0.29, 0.717) is 5.69 Å². The standard InChI is InChI=1S/C7H3ClFNS/c8-6-2-1-5(3-4-11)10-7(6)9/h1-2,11H. The molecule has 0 unspecified atom stereocenters. The van der Waals surface area contributed by atoms with E-state index in [1.807, 2.05) is 0 Å². The first-order chi connectivity index (χ1) is 5.24. The molecule has 0 spiro atoms. The highest BCUT2D eigenvalue weighted by molar-refractivity contribution is 7.85.